The van der Waals surface area contributed by atoms with Gasteiger partial charge in [-0.05, 0) is 36.3 Å². The van der Waals surface area contributed by atoms with E-state index in [2.05, 4.69) is 0 Å². The standard InChI is InChI=1S/C35H44O11/c1-17(2)28(39)45-30-32(6)16-34(46-29(40)18(3)4)33(7,22(32)14-23(36)42-8)20-9-11-31(5)21(25(20)26(38)35(30,34)41)13-24(37)44-27(31)19-10-12-43-15-19/h10,12,15,17-18,20,22,27,30,41H,9,11,13-14,16H2,1-8H3/t20-,22-,27+,30+,31-,32?,33+,34+,35-/m0/s1. The molecule has 46 heavy (non-hydrogen) atoms. The van der Waals surface area contributed by atoms with Gasteiger partial charge in [-0.2, -0.15) is 0 Å². The number of ketones is 1. The molecule has 1 N–H and O–H groups in total. The molecule has 4 aliphatic carbocycles. The van der Waals surface area contributed by atoms with Crippen molar-refractivity contribution >= 4 is 29.7 Å². The highest BCUT2D eigenvalue weighted by Crippen LogP contribution is 2.81. The molecule has 1 aromatic heterocycles. The molecule has 1 aliphatic heterocycles. The zero-order valence-electron chi connectivity index (χ0n) is 27.8. The van der Waals surface area contributed by atoms with Crippen molar-refractivity contribution in [2.75, 3.05) is 7.11 Å². The first-order chi connectivity index (χ1) is 21.4. The van der Waals surface area contributed by atoms with Gasteiger partial charge < -0.3 is 28.5 Å². The van der Waals surface area contributed by atoms with Crippen LogP contribution in [0.3, 0.4) is 0 Å². The number of carbonyl (C=O) groups excluding carboxylic acids is 5. The van der Waals surface area contributed by atoms with E-state index in [1.807, 2.05) is 13.8 Å². The first-order valence-corrected chi connectivity index (χ1v) is 16.2. The minimum absolute atomic E-state index is 0.00896. The Morgan fingerprint density at radius 3 is 2.33 bits per heavy atom. The van der Waals surface area contributed by atoms with Gasteiger partial charge in [-0.3, -0.25) is 24.0 Å². The second-order valence-corrected chi connectivity index (χ2v) is 15.3. The van der Waals surface area contributed by atoms with E-state index >= 15 is 4.79 Å². The quantitative estimate of drug-likeness (QED) is 0.333. The normalized spacial score (nSPS) is 40.8. The van der Waals surface area contributed by atoms with Gasteiger partial charge in [0.2, 0.25) is 5.60 Å². The summed E-state index contributed by atoms with van der Waals surface area (Å²) in [5.41, 5.74) is -6.06. The molecule has 11 heteroatoms. The highest BCUT2D eigenvalue weighted by atomic mass is 16.6. The minimum Gasteiger partial charge on any atom is -0.472 e. The third-order valence-electron chi connectivity index (χ3n) is 12.3. The van der Waals surface area contributed by atoms with Crippen molar-refractivity contribution in [3.05, 3.63) is 35.3 Å². The number of hydrogen-bond donors (Lipinski definition) is 1. The number of methoxy groups -OCH3 is 1. The van der Waals surface area contributed by atoms with Crippen molar-refractivity contribution in [1.29, 1.82) is 0 Å². The lowest BCUT2D eigenvalue weighted by atomic mass is 9.41. The van der Waals surface area contributed by atoms with E-state index in [9.17, 15) is 24.3 Å². The third-order valence-corrected chi connectivity index (χ3v) is 12.3. The Morgan fingerprint density at radius 1 is 1.07 bits per heavy atom. The summed E-state index contributed by atoms with van der Waals surface area (Å²) in [4.78, 5) is 68.4. The van der Waals surface area contributed by atoms with Crippen LogP contribution in [0, 0.1) is 39.9 Å². The van der Waals surface area contributed by atoms with E-state index in [0.717, 1.165) is 0 Å². The van der Waals surface area contributed by atoms with Crippen LogP contribution < -0.4 is 0 Å². The Kier molecular flexibility index (Phi) is 7.24. The highest BCUT2D eigenvalue weighted by molar-refractivity contribution is 6.08. The molecule has 5 aliphatic rings. The van der Waals surface area contributed by atoms with E-state index in [0.29, 0.717) is 24.0 Å². The molecule has 1 aromatic rings. The van der Waals surface area contributed by atoms with Gasteiger partial charge in [0.05, 0.1) is 37.9 Å². The molecule has 2 heterocycles. The Balaban J connectivity index is 1.65. The molecular formula is C35H44O11. The first kappa shape index (κ1) is 32.5. The summed E-state index contributed by atoms with van der Waals surface area (Å²) in [5, 5.41) is 13.1. The summed E-state index contributed by atoms with van der Waals surface area (Å²) < 4.78 is 28.9. The predicted molar refractivity (Wildman–Crippen MR) is 159 cm³/mol. The number of Topliss-reactive ketones (excluding diaryl/α,β-unsaturated/α-hetero) is 1. The molecule has 9 atom stereocenters. The molecule has 11 nitrogen and oxygen atoms in total. The Hall–Kier alpha value is -3.47. The summed E-state index contributed by atoms with van der Waals surface area (Å²) in [6, 6.07) is 1.72. The summed E-state index contributed by atoms with van der Waals surface area (Å²) in [7, 11) is 1.29. The van der Waals surface area contributed by atoms with Crippen molar-refractivity contribution < 1.29 is 52.4 Å². The van der Waals surface area contributed by atoms with Crippen LogP contribution in [0.25, 0.3) is 0 Å². The van der Waals surface area contributed by atoms with Crippen LogP contribution in [0.5, 0.6) is 0 Å². The van der Waals surface area contributed by atoms with Gasteiger partial charge in [-0.15, -0.1) is 0 Å². The molecule has 0 amide bonds. The number of esters is 4. The largest absolute Gasteiger partial charge is 0.472 e. The SMILES string of the molecule is COC(=O)C[C@H]1C2(C)C[C@@]3(OC(=O)C(C)C)[C@]1(C)[C@H]1CC[C@@]4(C)C(=C1C(=O)[C@]3(O)[C@@H]2OC(=O)C(C)C)CC(=O)O[C@@H]4c1ccoc1. The van der Waals surface area contributed by atoms with Crippen molar-refractivity contribution in [1.82, 2.24) is 0 Å². The molecular weight excluding hydrogens is 596 g/mol. The maximum absolute atomic E-state index is 15.3. The molecule has 4 fully saturated rings. The van der Waals surface area contributed by atoms with E-state index < -0.39 is 93.0 Å². The van der Waals surface area contributed by atoms with Crippen molar-refractivity contribution in [3.8, 4) is 0 Å². The van der Waals surface area contributed by atoms with Crippen LogP contribution in [-0.4, -0.2) is 59.2 Å². The topological polar surface area (TPSA) is 156 Å². The number of furan rings is 1. The Labute approximate surface area is 268 Å². The number of hydrogen-bond acceptors (Lipinski definition) is 11. The van der Waals surface area contributed by atoms with E-state index in [1.165, 1.54) is 19.6 Å². The number of rotatable bonds is 7. The molecule has 2 bridgehead atoms. The fraction of sp³-hybridized carbons (Fsp3) is 0.686. The number of ether oxygens (including phenoxy) is 4. The van der Waals surface area contributed by atoms with Crippen molar-refractivity contribution in [3.63, 3.8) is 0 Å². The number of carbonyl (C=O) groups is 5. The average molecular weight is 641 g/mol. The molecule has 250 valence electrons. The molecule has 1 unspecified atom stereocenters. The van der Waals surface area contributed by atoms with E-state index in [-0.39, 0.29) is 24.8 Å². The van der Waals surface area contributed by atoms with Crippen LogP contribution in [0.2, 0.25) is 0 Å². The molecule has 0 aromatic carbocycles. The first-order valence-electron chi connectivity index (χ1n) is 16.2. The van der Waals surface area contributed by atoms with Crippen LogP contribution in [0.4, 0.5) is 0 Å². The fourth-order valence-electron chi connectivity index (χ4n) is 10.1. The summed E-state index contributed by atoms with van der Waals surface area (Å²) in [6.45, 7) is 12.2. The Morgan fingerprint density at radius 2 is 1.74 bits per heavy atom. The van der Waals surface area contributed by atoms with Gasteiger partial charge in [0.15, 0.2) is 11.4 Å². The number of fused-ring (bicyclic) bond motifs is 4. The zero-order chi connectivity index (χ0) is 33.8. The Bertz CT molecular complexity index is 1540. The van der Waals surface area contributed by atoms with Gasteiger partial charge in [0.1, 0.15) is 12.2 Å². The number of aliphatic hydroxyl groups is 1. The van der Waals surface area contributed by atoms with Gasteiger partial charge in [-0.1, -0.05) is 48.5 Å². The average Bonchev–Trinajstić information content (AvgIpc) is 3.64. The molecule has 0 spiro atoms. The van der Waals surface area contributed by atoms with Crippen LogP contribution in [-0.2, 0) is 42.9 Å². The third kappa shape index (κ3) is 3.83. The maximum atomic E-state index is 15.3. The smallest absolute Gasteiger partial charge is 0.310 e. The van der Waals surface area contributed by atoms with Crippen LogP contribution in [0.15, 0.2) is 34.2 Å². The second kappa shape index (κ2) is 10.3. The molecule has 6 rings (SSSR count). The van der Waals surface area contributed by atoms with E-state index in [1.54, 1.807) is 40.7 Å². The predicted octanol–water partition coefficient (Wildman–Crippen LogP) is 4.41. The van der Waals surface area contributed by atoms with Crippen molar-refractivity contribution in [2.45, 2.75) is 104 Å². The monoisotopic (exact) mass is 640 g/mol. The van der Waals surface area contributed by atoms with Gasteiger partial charge in [0, 0.05) is 40.2 Å². The number of cyclic esters (lactones) is 1. The van der Waals surface area contributed by atoms with Crippen LogP contribution in [0.1, 0.15) is 92.2 Å². The van der Waals surface area contributed by atoms with Gasteiger partial charge in [0.25, 0.3) is 0 Å². The van der Waals surface area contributed by atoms with Crippen LogP contribution >= 0.6 is 0 Å². The molecule has 0 radical (unpaired) electrons. The van der Waals surface area contributed by atoms with Crippen molar-refractivity contribution in [2.24, 2.45) is 39.9 Å². The second-order valence-electron chi connectivity index (χ2n) is 15.3. The van der Waals surface area contributed by atoms with Gasteiger partial charge >= 0.3 is 23.9 Å². The minimum atomic E-state index is -2.50. The summed E-state index contributed by atoms with van der Waals surface area (Å²) in [6.07, 6.45) is 1.42. The maximum Gasteiger partial charge on any atom is 0.310 e. The van der Waals surface area contributed by atoms with E-state index in [4.69, 9.17) is 23.4 Å². The highest BCUT2D eigenvalue weighted by Gasteiger charge is 2.92. The lowest BCUT2D eigenvalue weighted by Crippen LogP contribution is -2.79. The lowest BCUT2D eigenvalue weighted by molar-refractivity contribution is -0.280. The molecule has 1 saturated heterocycles. The molecule has 3 saturated carbocycles. The lowest BCUT2D eigenvalue weighted by Gasteiger charge is -2.66. The zero-order valence-corrected chi connectivity index (χ0v) is 27.8. The fourth-order valence-corrected chi connectivity index (χ4v) is 10.1. The summed E-state index contributed by atoms with van der Waals surface area (Å²) >= 11 is 0. The summed E-state index contributed by atoms with van der Waals surface area (Å²) in [5.74, 6) is -5.46. The van der Waals surface area contributed by atoms with Gasteiger partial charge in [-0.25, -0.2) is 0 Å².